The molecule has 0 radical (unpaired) electrons. The molecule has 2 rings (SSSR count). The molecule has 1 aromatic rings. The van der Waals surface area contributed by atoms with E-state index in [1.165, 1.54) is 17.9 Å². The molecule has 0 bridgehead atoms. The van der Waals surface area contributed by atoms with Crippen LogP contribution in [0.4, 0.5) is 27.8 Å². The summed E-state index contributed by atoms with van der Waals surface area (Å²) in [6.07, 6.45) is -6.41. The Bertz CT molecular complexity index is 553. The smallest absolute Gasteiger partial charge is 0.353 e. The number of carbonyl (C=O) groups excluding carboxylic acids is 1. The number of aromatic nitrogens is 1. The second-order valence-electron chi connectivity index (χ2n) is 5.79. The van der Waals surface area contributed by atoms with Crippen LogP contribution in [0, 0.1) is 5.92 Å². The minimum atomic E-state index is -4.43. The molecule has 1 aromatic heterocycles. The van der Waals surface area contributed by atoms with Crippen LogP contribution in [0.1, 0.15) is 18.9 Å². The summed E-state index contributed by atoms with van der Waals surface area (Å²) >= 11 is 0. The molecule has 0 spiro atoms. The number of amides is 1. The third kappa shape index (κ3) is 4.55. The van der Waals surface area contributed by atoms with Crippen molar-refractivity contribution in [2.24, 2.45) is 5.92 Å². The molecule has 2 heterocycles. The third-order valence-electron chi connectivity index (χ3n) is 3.96. The molecular weight excluding hydrogens is 333 g/mol. The predicted molar refractivity (Wildman–Crippen MR) is 77.8 cm³/mol. The van der Waals surface area contributed by atoms with Crippen LogP contribution >= 0.6 is 0 Å². The average molecular weight is 351 g/mol. The summed E-state index contributed by atoms with van der Waals surface area (Å²) < 4.78 is 62.5. The van der Waals surface area contributed by atoms with Gasteiger partial charge in [-0.15, -0.1) is 0 Å². The molecule has 1 atom stereocenters. The predicted octanol–water partition coefficient (Wildman–Crippen LogP) is 3.04. The molecule has 1 aliphatic heterocycles. The molecule has 1 amide bonds. The number of anilines is 1. The lowest BCUT2D eigenvalue weighted by molar-refractivity contribution is -0.138. The van der Waals surface area contributed by atoms with Crippen molar-refractivity contribution >= 4 is 11.7 Å². The Morgan fingerprint density at radius 2 is 1.83 bits per heavy atom. The highest BCUT2D eigenvalue weighted by Crippen LogP contribution is 2.29. The van der Waals surface area contributed by atoms with E-state index in [1.807, 2.05) is 0 Å². The van der Waals surface area contributed by atoms with Gasteiger partial charge in [0.1, 0.15) is 5.82 Å². The van der Waals surface area contributed by atoms with Crippen LogP contribution in [0.15, 0.2) is 18.3 Å². The first kappa shape index (κ1) is 18.4. The molecular formula is C15H18F5N3O. The number of hydrogen-bond acceptors (Lipinski definition) is 3. The fraction of sp³-hybridized carbons (Fsp3) is 0.600. The standard InChI is InChI=1S/C15H18F5N3O/c1-10(14(16)17)8-13(24)23-6-4-22(5-7-23)12-3-2-11(9-21-12)15(18,19)20/h2-3,9-10,14H,4-8H2,1H3. The molecule has 0 saturated carbocycles. The van der Waals surface area contributed by atoms with E-state index in [-0.39, 0.29) is 12.3 Å². The van der Waals surface area contributed by atoms with E-state index >= 15 is 0 Å². The van der Waals surface area contributed by atoms with Crippen molar-refractivity contribution in [2.75, 3.05) is 31.1 Å². The Hall–Kier alpha value is -1.93. The van der Waals surface area contributed by atoms with Gasteiger partial charge in [0.15, 0.2) is 0 Å². The van der Waals surface area contributed by atoms with E-state index in [1.54, 1.807) is 4.90 Å². The molecule has 0 aromatic carbocycles. The molecule has 0 N–H and O–H groups in total. The van der Waals surface area contributed by atoms with Crippen LogP contribution in [-0.2, 0) is 11.0 Å². The van der Waals surface area contributed by atoms with Gasteiger partial charge in [0.25, 0.3) is 0 Å². The number of piperazine rings is 1. The number of halogens is 5. The third-order valence-corrected chi connectivity index (χ3v) is 3.96. The topological polar surface area (TPSA) is 36.4 Å². The second kappa shape index (κ2) is 7.31. The number of alkyl halides is 5. The van der Waals surface area contributed by atoms with Gasteiger partial charge in [-0.1, -0.05) is 6.92 Å². The average Bonchev–Trinajstić information content (AvgIpc) is 2.54. The summed E-state index contributed by atoms with van der Waals surface area (Å²) in [7, 11) is 0. The van der Waals surface area contributed by atoms with Crippen LogP contribution in [0.25, 0.3) is 0 Å². The minimum Gasteiger partial charge on any atom is -0.353 e. The zero-order valence-electron chi connectivity index (χ0n) is 13.1. The highest BCUT2D eigenvalue weighted by atomic mass is 19.4. The van der Waals surface area contributed by atoms with E-state index in [0.29, 0.717) is 32.0 Å². The maximum absolute atomic E-state index is 12.5. The molecule has 1 fully saturated rings. The van der Waals surface area contributed by atoms with E-state index < -0.39 is 24.1 Å². The van der Waals surface area contributed by atoms with E-state index in [2.05, 4.69) is 4.98 Å². The van der Waals surface area contributed by atoms with Gasteiger partial charge in [-0.3, -0.25) is 4.79 Å². The van der Waals surface area contributed by atoms with Gasteiger partial charge in [-0.05, 0) is 12.1 Å². The Morgan fingerprint density at radius 1 is 1.21 bits per heavy atom. The molecule has 4 nitrogen and oxygen atoms in total. The Morgan fingerprint density at radius 3 is 2.29 bits per heavy atom. The molecule has 134 valence electrons. The summed E-state index contributed by atoms with van der Waals surface area (Å²) in [5.41, 5.74) is -0.818. The van der Waals surface area contributed by atoms with Crippen molar-refractivity contribution < 1.29 is 26.7 Å². The van der Waals surface area contributed by atoms with E-state index in [9.17, 15) is 26.7 Å². The lowest BCUT2D eigenvalue weighted by Gasteiger charge is -2.36. The number of nitrogens with zero attached hydrogens (tertiary/aromatic N) is 3. The SMILES string of the molecule is CC(CC(=O)N1CCN(c2ccc(C(F)(F)F)cn2)CC1)C(F)F. The fourth-order valence-electron chi connectivity index (χ4n) is 2.42. The first-order valence-electron chi connectivity index (χ1n) is 7.52. The normalized spacial score (nSPS) is 17.3. The van der Waals surface area contributed by atoms with Gasteiger partial charge in [-0.2, -0.15) is 13.2 Å². The van der Waals surface area contributed by atoms with E-state index in [0.717, 1.165) is 12.3 Å². The maximum Gasteiger partial charge on any atom is 0.417 e. The van der Waals surface area contributed by atoms with Crippen molar-refractivity contribution in [3.05, 3.63) is 23.9 Å². The summed E-state index contributed by atoms with van der Waals surface area (Å²) in [5.74, 6) is -0.925. The second-order valence-corrected chi connectivity index (χ2v) is 5.79. The van der Waals surface area contributed by atoms with E-state index in [4.69, 9.17) is 0 Å². The van der Waals surface area contributed by atoms with Crippen LogP contribution in [-0.4, -0.2) is 48.4 Å². The lowest BCUT2D eigenvalue weighted by atomic mass is 10.1. The number of pyridine rings is 1. The Kier molecular flexibility index (Phi) is 5.61. The largest absolute Gasteiger partial charge is 0.417 e. The quantitative estimate of drug-likeness (QED) is 0.783. The molecule has 0 aliphatic carbocycles. The van der Waals surface area contributed by atoms with Crippen LogP contribution in [0.2, 0.25) is 0 Å². The minimum absolute atomic E-state index is 0.212. The molecule has 1 unspecified atom stereocenters. The molecule has 24 heavy (non-hydrogen) atoms. The molecule has 1 saturated heterocycles. The van der Waals surface area contributed by atoms with Crippen molar-refractivity contribution in [1.29, 1.82) is 0 Å². The van der Waals surface area contributed by atoms with Gasteiger partial charge in [0.2, 0.25) is 12.3 Å². The monoisotopic (exact) mass is 351 g/mol. The maximum atomic E-state index is 12.5. The van der Waals surface area contributed by atoms with Gasteiger partial charge >= 0.3 is 6.18 Å². The van der Waals surface area contributed by atoms with Gasteiger partial charge < -0.3 is 9.80 Å². The first-order valence-corrected chi connectivity index (χ1v) is 7.52. The highest BCUT2D eigenvalue weighted by molar-refractivity contribution is 5.76. The van der Waals surface area contributed by atoms with Crippen molar-refractivity contribution in [1.82, 2.24) is 9.88 Å². The summed E-state index contributed by atoms with van der Waals surface area (Å²) in [6.45, 7) is 2.78. The van der Waals surface area contributed by atoms with Crippen molar-refractivity contribution in [3.8, 4) is 0 Å². The summed E-state index contributed by atoms with van der Waals surface area (Å²) in [4.78, 5) is 19.0. The molecule has 1 aliphatic rings. The number of hydrogen-bond donors (Lipinski definition) is 0. The lowest BCUT2D eigenvalue weighted by Crippen LogP contribution is -2.49. The summed E-state index contributed by atoms with van der Waals surface area (Å²) in [6, 6.07) is 2.25. The Labute approximate surface area is 136 Å². The zero-order chi connectivity index (χ0) is 17.9. The van der Waals surface area contributed by atoms with Crippen molar-refractivity contribution in [2.45, 2.75) is 25.9 Å². The number of rotatable bonds is 4. The fourth-order valence-corrected chi connectivity index (χ4v) is 2.42. The summed E-state index contributed by atoms with van der Waals surface area (Å²) in [5, 5.41) is 0. The van der Waals surface area contributed by atoms with Gasteiger partial charge in [0, 0.05) is 44.7 Å². The highest BCUT2D eigenvalue weighted by Gasteiger charge is 2.31. The zero-order valence-corrected chi connectivity index (χ0v) is 13.1. The Balaban J connectivity index is 1.89. The first-order chi connectivity index (χ1) is 11.2. The van der Waals surface area contributed by atoms with Crippen molar-refractivity contribution in [3.63, 3.8) is 0 Å². The van der Waals surface area contributed by atoms with Crippen LogP contribution in [0.3, 0.4) is 0 Å². The van der Waals surface area contributed by atoms with Crippen LogP contribution in [0.5, 0.6) is 0 Å². The van der Waals surface area contributed by atoms with Gasteiger partial charge in [0.05, 0.1) is 5.56 Å². The number of carbonyl (C=O) groups is 1. The van der Waals surface area contributed by atoms with Crippen LogP contribution < -0.4 is 4.90 Å². The van der Waals surface area contributed by atoms with Gasteiger partial charge in [-0.25, -0.2) is 13.8 Å². The molecule has 9 heteroatoms.